The van der Waals surface area contributed by atoms with Crippen LogP contribution < -0.4 is 11.1 Å². The van der Waals surface area contributed by atoms with Gasteiger partial charge in [0, 0.05) is 36.0 Å². The van der Waals surface area contributed by atoms with Crippen LogP contribution in [0.3, 0.4) is 0 Å². The Labute approximate surface area is 198 Å². The molecular formula is C25H22N4O2S2. The predicted octanol–water partition coefficient (Wildman–Crippen LogP) is 4.89. The summed E-state index contributed by atoms with van der Waals surface area (Å²) < 4.78 is 3.13. The number of rotatable bonds is 4. The van der Waals surface area contributed by atoms with E-state index in [1.807, 2.05) is 24.4 Å². The molecule has 0 spiro atoms. The van der Waals surface area contributed by atoms with Crippen LogP contribution in [0.25, 0.3) is 27.0 Å². The second-order valence-electron chi connectivity index (χ2n) is 8.20. The van der Waals surface area contributed by atoms with Crippen LogP contribution >= 0.6 is 23.1 Å². The summed E-state index contributed by atoms with van der Waals surface area (Å²) in [5, 5.41) is 3.25. The Bertz CT molecular complexity index is 1660. The largest absolute Gasteiger partial charge is 0.290 e. The van der Waals surface area contributed by atoms with E-state index in [9.17, 15) is 9.59 Å². The van der Waals surface area contributed by atoms with Crippen molar-refractivity contribution in [3.8, 4) is 11.1 Å². The third kappa shape index (κ3) is 3.89. The number of fused-ring (bicyclic) bond motifs is 2. The molecule has 0 saturated carbocycles. The van der Waals surface area contributed by atoms with Gasteiger partial charge in [0.2, 0.25) is 0 Å². The standard InChI is InChI=1S/C25H22N4O2S2/c1-14-5-8-20-26-18(10-21(30)29(20)11-14)12-33-25-27-23-22(24(31)28(25)4)19(13-32-23)17-7-6-15(2)16(3)9-17/h5-11,13H,12H2,1-4H3. The smallest absolute Gasteiger partial charge is 0.263 e. The molecule has 5 rings (SSSR count). The van der Waals surface area contributed by atoms with Gasteiger partial charge in [0.1, 0.15) is 10.5 Å². The number of hydrogen-bond acceptors (Lipinski definition) is 6. The van der Waals surface area contributed by atoms with Gasteiger partial charge in [0.15, 0.2) is 5.16 Å². The minimum Gasteiger partial charge on any atom is -0.290 e. The van der Waals surface area contributed by atoms with Gasteiger partial charge in [-0.05, 0) is 49.1 Å². The SMILES string of the molecule is Cc1ccc2nc(CSc3nc4scc(-c5ccc(C)c(C)c5)c4c(=O)n3C)cc(=O)n2c1. The number of nitrogens with zero attached hydrogens (tertiary/aromatic N) is 4. The number of benzene rings is 1. The number of hydrogen-bond donors (Lipinski definition) is 0. The van der Waals surface area contributed by atoms with Gasteiger partial charge in [-0.2, -0.15) is 0 Å². The lowest BCUT2D eigenvalue weighted by atomic mass is 10.0. The van der Waals surface area contributed by atoms with Crippen LogP contribution in [0.1, 0.15) is 22.4 Å². The predicted molar refractivity (Wildman–Crippen MR) is 136 cm³/mol. The van der Waals surface area contributed by atoms with Crippen molar-refractivity contribution in [2.45, 2.75) is 31.7 Å². The Morgan fingerprint density at radius 1 is 1.00 bits per heavy atom. The number of pyridine rings is 1. The summed E-state index contributed by atoms with van der Waals surface area (Å²) in [4.78, 5) is 35.8. The maximum absolute atomic E-state index is 13.3. The average Bonchev–Trinajstić information content (AvgIpc) is 3.21. The lowest BCUT2D eigenvalue weighted by Gasteiger charge is -2.09. The fourth-order valence-electron chi connectivity index (χ4n) is 3.77. The molecule has 0 aliphatic carbocycles. The van der Waals surface area contributed by atoms with Gasteiger partial charge in [0.05, 0.1) is 11.1 Å². The molecule has 0 amide bonds. The Balaban J connectivity index is 1.50. The first-order valence-corrected chi connectivity index (χ1v) is 12.4. The molecule has 0 radical (unpaired) electrons. The van der Waals surface area contributed by atoms with Crippen LogP contribution in [0.5, 0.6) is 0 Å². The summed E-state index contributed by atoms with van der Waals surface area (Å²) in [5.74, 6) is 0.445. The van der Waals surface area contributed by atoms with Crippen LogP contribution in [0, 0.1) is 20.8 Å². The van der Waals surface area contributed by atoms with Crippen LogP contribution in [0.15, 0.2) is 62.7 Å². The molecule has 0 N–H and O–H groups in total. The summed E-state index contributed by atoms with van der Waals surface area (Å²) in [7, 11) is 1.74. The van der Waals surface area contributed by atoms with E-state index in [2.05, 4.69) is 37.0 Å². The van der Waals surface area contributed by atoms with E-state index in [-0.39, 0.29) is 11.1 Å². The molecule has 166 valence electrons. The van der Waals surface area contributed by atoms with Crippen molar-refractivity contribution < 1.29 is 0 Å². The van der Waals surface area contributed by atoms with Crippen LogP contribution in [0.4, 0.5) is 0 Å². The molecule has 0 saturated heterocycles. The molecule has 4 aromatic heterocycles. The molecule has 0 atom stereocenters. The van der Waals surface area contributed by atoms with Gasteiger partial charge in [-0.1, -0.05) is 36.0 Å². The van der Waals surface area contributed by atoms with Crippen molar-refractivity contribution in [1.29, 1.82) is 0 Å². The quantitative estimate of drug-likeness (QED) is 0.274. The van der Waals surface area contributed by atoms with Crippen molar-refractivity contribution in [3.05, 3.63) is 91.1 Å². The zero-order valence-corrected chi connectivity index (χ0v) is 20.4. The first-order valence-electron chi connectivity index (χ1n) is 10.5. The first-order chi connectivity index (χ1) is 15.8. The molecular weight excluding hydrogens is 452 g/mol. The fourth-order valence-corrected chi connectivity index (χ4v) is 5.63. The fraction of sp³-hybridized carbons (Fsp3) is 0.200. The zero-order chi connectivity index (χ0) is 23.3. The van der Waals surface area contributed by atoms with Crippen LogP contribution in [0.2, 0.25) is 0 Å². The summed E-state index contributed by atoms with van der Waals surface area (Å²) in [6.07, 6.45) is 1.78. The Morgan fingerprint density at radius 3 is 2.61 bits per heavy atom. The van der Waals surface area contributed by atoms with E-state index in [0.717, 1.165) is 21.5 Å². The molecule has 0 fully saturated rings. The van der Waals surface area contributed by atoms with Crippen molar-refractivity contribution in [2.24, 2.45) is 7.05 Å². The van der Waals surface area contributed by atoms with E-state index < -0.39 is 0 Å². The molecule has 0 aliphatic heterocycles. The highest BCUT2D eigenvalue weighted by atomic mass is 32.2. The molecule has 4 heterocycles. The number of thiophene rings is 1. The maximum atomic E-state index is 13.3. The van der Waals surface area contributed by atoms with E-state index in [1.165, 1.54) is 34.2 Å². The molecule has 0 unspecified atom stereocenters. The number of aromatic nitrogens is 4. The van der Waals surface area contributed by atoms with E-state index in [0.29, 0.717) is 27.6 Å². The number of aryl methyl sites for hydroxylation is 3. The zero-order valence-electron chi connectivity index (χ0n) is 18.7. The summed E-state index contributed by atoms with van der Waals surface area (Å²) in [5.41, 5.74) is 6.44. The second-order valence-corrected chi connectivity index (χ2v) is 10.00. The van der Waals surface area contributed by atoms with Crippen LogP contribution in [-0.4, -0.2) is 18.9 Å². The van der Waals surface area contributed by atoms with E-state index in [1.54, 1.807) is 28.3 Å². The van der Waals surface area contributed by atoms with E-state index >= 15 is 0 Å². The lowest BCUT2D eigenvalue weighted by molar-refractivity contribution is 0.728. The molecule has 6 nitrogen and oxygen atoms in total. The monoisotopic (exact) mass is 474 g/mol. The van der Waals surface area contributed by atoms with Gasteiger partial charge in [-0.3, -0.25) is 18.6 Å². The third-order valence-corrected chi connectivity index (χ3v) is 7.74. The minimum atomic E-state index is -0.118. The second kappa shape index (κ2) is 8.28. The Hall–Kier alpha value is -3.23. The highest BCUT2D eigenvalue weighted by Gasteiger charge is 2.16. The van der Waals surface area contributed by atoms with Crippen molar-refractivity contribution >= 4 is 39.0 Å². The molecule has 33 heavy (non-hydrogen) atoms. The summed E-state index contributed by atoms with van der Waals surface area (Å²) in [6.45, 7) is 6.09. The molecule has 0 bridgehead atoms. The summed E-state index contributed by atoms with van der Waals surface area (Å²) >= 11 is 2.88. The average molecular weight is 475 g/mol. The molecule has 5 aromatic rings. The highest BCUT2D eigenvalue weighted by molar-refractivity contribution is 7.98. The Morgan fingerprint density at radius 2 is 1.82 bits per heavy atom. The highest BCUT2D eigenvalue weighted by Crippen LogP contribution is 2.33. The molecule has 8 heteroatoms. The van der Waals surface area contributed by atoms with E-state index in [4.69, 9.17) is 4.98 Å². The van der Waals surface area contributed by atoms with Gasteiger partial charge in [-0.25, -0.2) is 9.97 Å². The lowest BCUT2D eigenvalue weighted by Crippen LogP contribution is -2.20. The minimum absolute atomic E-state index is 0.0704. The third-order valence-electron chi connectivity index (χ3n) is 5.80. The topological polar surface area (TPSA) is 69.3 Å². The molecule has 1 aromatic carbocycles. The van der Waals surface area contributed by atoms with Gasteiger partial charge < -0.3 is 0 Å². The normalized spacial score (nSPS) is 11.5. The van der Waals surface area contributed by atoms with Crippen molar-refractivity contribution in [3.63, 3.8) is 0 Å². The van der Waals surface area contributed by atoms with Gasteiger partial charge in [-0.15, -0.1) is 11.3 Å². The van der Waals surface area contributed by atoms with Gasteiger partial charge >= 0.3 is 0 Å². The van der Waals surface area contributed by atoms with Gasteiger partial charge in [0.25, 0.3) is 11.1 Å². The molecule has 0 aliphatic rings. The van der Waals surface area contributed by atoms with Crippen molar-refractivity contribution in [1.82, 2.24) is 18.9 Å². The maximum Gasteiger partial charge on any atom is 0.263 e. The Kier molecular flexibility index (Phi) is 5.42. The summed E-state index contributed by atoms with van der Waals surface area (Å²) in [6, 6.07) is 11.6. The van der Waals surface area contributed by atoms with Crippen molar-refractivity contribution in [2.75, 3.05) is 0 Å². The number of thioether (sulfide) groups is 1. The van der Waals surface area contributed by atoms with Crippen LogP contribution in [-0.2, 0) is 12.8 Å². The first kappa shape index (κ1) is 21.6.